The molecule has 4 nitrogen and oxygen atoms in total. The number of rotatable bonds is 5. The standard InChI is InChI=1S/C21H25N3OS/c1-13-3-6-16(7-4-13)18-9-14(2)22-21(24-18)26-12-20(25)23-19-11-15-5-8-17(19)10-15/h3-4,6-7,9,15,17,19H,5,8,10-12H2,1-2H3,(H,23,25)/t15-,17-,19+/m0/s1. The Balaban J connectivity index is 1.38. The van der Waals surface area contributed by atoms with Crippen molar-refractivity contribution in [1.29, 1.82) is 0 Å². The van der Waals surface area contributed by atoms with Crippen LogP contribution in [0, 0.1) is 25.7 Å². The van der Waals surface area contributed by atoms with Gasteiger partial charge in [0.05, 0.1) is 11.4 Å². The fourth-order valence-corrected chi connectivity index (χ4v) is 4.99. The number of fused-ring (bicyclic) bond motifs is 2. The largest absolute Gasteiger partial charge is 0.352 e. The lowest BCUT2D eigenvalue weighted by Crippen LogP contribution is -2.39. The molecule has 2 aliphatic rings. The van der Waals surface area contributed by atoms with E-state index in [2.05, 4.69) is 46.5 Å². The minimum Gasteiger partial charge on any atom is -0.352 e. The van der Waals surface area contributed by atoms with Crippen molar-refractivity contribution < 1.29 is 4.79 Å². The maximum Gasteiger partial charge on any atom is 0.230 e. The average Bonchev–Trinajstić information content (AvgIpc) is 3.23. The van der Waals surface area contributed by atoms with Gasteiger partial charge in [0.25, 0.3) is 0 Å². The lowest BCUT2D eigenvalue weighted by Gasteiger charge is -2.22. The lowest BCUT2D eigenvalue weighted by atomic mass is 9.95. The molecular weight excluding hydrogens is 342 g/mol. The molecule has 0 spiro atoms. The number of thioether (sulfide) groups is 1. The summed E-state index contributed by atoms with van der Waals surface area (Å²) >= 11 is 1.42. The molecule has 0 aliphatic heterocycles. The van der Waals surface area contributed by atoms with E-state index in [1.54, 1.807) is 0 Å². The summed E-state index contributed by atoms with van der Waals surface area (Å²) in [5.74, 6) is 2.03. The molecule has 1 amide bonds. The maximum absolute atomic E-state index is 12.3. The highest BCUT2D eigenvalue weighted by Crippen LogP contribution is 2.44. The second-order valence-electron chi connectivity index (χ2n) is 7.68. The van der Waals surface area contributed by atoms with Gasteiger partial charge in [-0.2, -0.15) is 0 Å². The molecule has 0 radical (unpaired) electrons. The van der Waals surface area contributed by atoms with Gasteiger partial charge in [-0.15, -0.1) is 0 Å². The Morgan fingerprint density at radius 1 is 1.15 bits per heavy atom. The van der Waals surface area contributed by atoms with Crippen LogP contribution < -0.4 is 5.32 Å². The normalized spacial score (nSPS) is 24.0. The highest BCUT2D eigenvalue weighted by molar-refractivity contribution is 7.99. The first-order valence-electron chi connectivity index (χ1n) is 9.42. The lowest BCUT2D eigenvalue weighted by molar-refractivity contribution is -0.119. The van der Waals surface area contributed by atoms with E-state index >= 15 is 0 Å². The van der Waals surface area contributed by atoms with Crippen LogP contribution in [0.3, 0.4) is 0 Å². The summed E-state index contributed by atoms with van der Waals surface area (Å²) in [7, 11) is 0. The summed E-state index contributed by atoms with van der Waals surface area (Å²) in [6.07, 6.45) is 5.10. The third kappa shape index (κ3) is 3.93. The van der Waals surface area contributed by atoms with Crippen LogP contribution in [-0.2, 0) is 4.79 Å². The van der Waals surface area contributed by atoms with Crippen LogP contribution in [0.15, 0.2) is 35.5 Å². The van der Waals surface area contributed by atoms with Gasteiger partial charge in [0.15, 0.2) is 5.16 Å². The Hall–Kier alpha value is -1.88. The number of nitrogens with zero attached hydrogens (tertiary/aromatic N) is 2. The first-order valence-corrected chi connectivity index (χ1v) is 10.4. The molecule has 5 heteroatoms. The van der Waals surface area contributed by atoms with Gasteiger partial charge in [0.2, 0.25) is 5.91 Å². The SMILES string of the molecule is Cc1ccc(-c2cc(C)nc(SCC(=O)N[C@@H]3C[C@H]4CC[C@H]3C4)n2)cc1. The molecule has 0 unspecified atom stereocenters. The van der Waals surface area contributed by atoms with Gasteiger partial charge in [-0.1, -0.05) is 48.0 Å². The van der Waals surface area contributed by atoms with Crippen molar-refractivity contribution in [3.63, 3.8) is 0 Å². The third-order valence-electron chi connectivity index (χ3n) is 5.60. The van der Waals surface area contributed by atoms with E-state index in [-0.39, 0.29) is 5.91 Å². The minimum absolute atomic E-state index is 0.106. The van der Waals surface area contributed by atoms with E-state index in [4.69, 9.17) is 0 Å². The van der Waals surface area contributed by atoms with Gasteiger partial charge >= 0.3 is 0 Å². The maximum atomic E-state index is 12.3. The van der Waals surface area contributed by atoms with Crippen molar-refractivity contribution in [2.75, 3.05) is 5.75 Å². The van der Waals surface area contributed by atoms with Crippen molar-refractivity contribution >= 4 is 17.7 Å². The van der Waals surface area contributed by atoms with E-state index in [9.17, 15) is 4.79 Å². The summed E-state index contributed by atoms with van der Waals surface area (Å²) < 4.78 is 0. The zero-order valence-corrected chi connectivity index (χ0v) is 16.2. The number of aromatic nitrogens is 2. The fourth-order valence-electron chi connectivity index (χ4n) is 4.28. The first-order chi connectivity index (χ1) is 12.6. The van der Waals surface area contributed by atoms with Gasteiger partial charge in [-0.25, -0.2) is 9.97 Å². The zero-order chi connectivity index (χ0) is 18.1. The number of amides is 1. The van der Waals surface area contributed by atoms with Gasteiger partial charge in [-0.3, -0.25) is 4.79 Å². The highest BCUT2D eigenvalue weighted by Gasteiger charge is 2.39. The Bertz CT molecular complexity index is 805. The topological polar surface area (TPSA) is 54.9 Å². The molecular formula is C21H25N3OS. The summed E-state index contributed by atoms with van der Waals surface area (Å²) in [5, 5.41) is 3.90. The summed E-state index contributed by atoms with van der Waals surface area (Å²) in [6, 6.07) is 10.7. The molecule has 0 saturated heterocycles. The van der Waals surface area contributed by atoms with E-state index in [1.807, 2.05) is 13.0 Å². The number of carbonyl (C=O) groups is 1. The van der Waals surface area contributed by atoms with Crippen LogP contribution in [0.2, 0.25) is 0 Å². The molecule has 2 aromatic rings. The molecule has 3 atom stereocenters. The molecule has 2 aliphatic carbocycles. The zero-order valence-electron chi connectivity index (χ0n) is 15.4. The Labute approximate surface area is 159 Å². The van der Waals surface area contributed by atoms with Crippen LogP contribution in [0.1, 0.15) is 36.9 Å². The molecule has 1 N–H and O–H groups in total. The molecule has 2 fully saturated rings. The smallest absolute Gasteiger partial charge is 0.230 e. The number of nitrogens with one attached hydrogen (secondary N) is 1. The van der Waals surface area contributed by atoms with Crippen molar-refractivity contribution in [1.82, 2.24) is 15.3 Å². The summed E-state index contributed by atoms with van der Waals surface area (Å²) in [5.41, 5.74) is 4.14. The molecule has 2 bridgehead atoms. The van der Waals surface area contributed by atoms with Gasteiger partial charge in [0.1, 0.15) is 0 Å². The summed E-state index contributed by atoms with van der Waals surface area (Å²) in [6.45, 7) is 4.05. The monoisotopic (exact) mass is 367 g/mol. The minimum atomic E-state index is 0.106. The van der Waals surface area contributed by atoms with Crippen molar-refractivity contribution in [2.45, 2.75) is 50.7 Å². The van der Waals surface area contributed by atoms with Crippen LogP contribution in [0.4, 0.5) is 0 Å². The number of aryl methyl sites for hydroxylation is 2. The van der Waals surface area contributed by atoms with Crippen molar-refractivity contribution in [3.8, 4) is 11.3 Å². The van der Waals surface area contributed by atoms with E-state index in [1.165, 1.54) is 43.0 Å². The predicted molar refractivity (Wildman–Crippen MR) is 105 cm³/mol. The molecule has 4 rings (SSSR count). The molecule has 1 aromatic carbocycles. The van der Waals surface area contributed by atoms with E-state index in [0.29, 0.717) is 22.9 Å². The fraction of sp³-hybridized carbons (Fsp3) is 0.476. The quantitative estimate of drug-likeness (QED) is 0.637. The number of hydrogen-bond donors (Lipinski definition) is 1. The van der Waals surface area contributed by atoms with Gasteiger partial charge < -0.3 is 5.32 Å². The van der Waals surface area contributed by atoms with E-state index in [0.717, 1.165) is 22.9 Å². The van der Waals surface area contributed by atoms with E-state index < -0.39 is 0 Å². The van der Waals surface area contributed by atoms with Crippen LogP contribution in [0.25, 0.3) is 11.3 Å². The second kappa shape index (κ2) is 7.39. The summed E-state index contributed by atoms with van der Waals surface area (Å²) in [4.78, 5) is 21.5. The third-order valence-corrected chi connectivity index (χ3v) is 6.45. The number of carbonyl (C=O) groups excluding carboxylic acids is 1. The van der Waals surface area contributed by atoms with Crippen LogP contribution >= 0.6 is 11.8 Å². The Morgan fingerprint density at radius 2 is 1.96 bits per heavy atom. The highest BCUT2D eigenvalue weighted by atomic mass is 32.2. The molecule has 26 heavy (non-hydrogen) atoms. The number of benzene rings is 1. The van der Waals surface area contributed by atoms with Crippen LogP contribution in [-0.4, -0.2) is 27.7 Å². The predicted octanol–water partition coefficient (Wildman–Crippen LogP) is 4.16. The van der Waals surface area contributed by atoms with Crippen LogP contribution in [0.5, 0.6) is 0 Å². The van der Waals surface area contributed by atoms with Gasteiger partial charge in [0, 0.05) is 17.3 Å². The molecule has 1 aromatic heterocycles. The second-order valence-corrected chi connectivity index (χ2v) is 8.62. The average molecular weight is 368 g/mol. The molecule has 2 saturated carbocycles. The Morgan fingerprint density at radius 3 is 2.65 bits per heavy atom. The number of hydrogen-bond acceptors (Lipinski definition) is 4. The van der Waals surface area contributed by atoms with Gasteiger partial charge in [-0.05, 0) is 51.0 Å². The molecule has 1 heterocycles. The van der Waals surface area contributed by atoms with Crippen molar-refractivity contribution in [2.24, 2.45) is 11.8 Å². The first kappa shape index (κ1) is 17.5. The molecule has 136 valence electrons. The Kier molecular flexibility index (Phi) is 4.98. The van der Waals surface area contributed by atoms with Crippen molar-refractivity contribution in [3.05, 3.63) is 41.6 Å².